The number of rotatable bonds is 5. The van der Waals surface area contributed by atoms with Gasteiger partial charge in [0.2, 0.25) is 0 Å². The molecule has 2 N–H and O–H groups in total. The topological polar surface area (TPSA) is 26.0 Å². The summed E-state index contributed by atoms with van der Waals surface area (Å²) in [6.45, 7) is 0. The van der Waals surface area contributed by atoms with E-state index in [9.17, 15) is 8.78 Å². The molecule has 2 rings (SSSR count). The minimum absolute atomic E-state index is 0.254. The molecule has 0 spiro atoms. The van der Waals surface area contributed by atoms with Gasteiger partial charge in [0.05, 0.1) is 0 Å². The molecular weight excluding hydrogens is 300 g/mol. The van der Waals surface area contributed by atoms with E-state index < -0.39 is 0 Å². The first-order valence-corrected chi connectivity index (χ1v) is 7.49. The Balaban J connectivity index is 1.92. The van der Waals surface area contributed by atoms with E-state index in [-0.39, 0.29) is 17.7 Å². The average Bonchev–Trinajstić information content (AvgIpc) is 2.41. The zero-order valence-electron chi connectivity index (χ0n) is 10.7. The summed E-state index contributed by atoms with van der Waals surface area (Å²) in [5.41, 5.74) is 6.49. The Kier molecular flexibility index (Phi) is 5.40. The van der Waals surface area contributed by atoms with Crippen LogP contribution in [0.25, 0.3) is 0 Å². The third-order valence-electron chi connectivity index (χ3n) is 2.79. The average molecular weight is 314 g/mol. The summed E-state index contributed by atoms with van der Waals surface area (Å²) in [6.07, 6.45) is 0.393. The van der Waals surface area contributed by atoms with E-state index in [1.54, 1.807) is 30.3 Å². The van der Waals surface area contributed by atoms with E-state index >= 15 is 0 Å². The maximum absolute atomic E-state index is 13.6. The van der Waals surface area contributed by atoms with Crippen LogP contribution < -0.4 is 5.73 Å². The zero-order valence-corrected chi connectivity index (χ0v) is 12.2. The molecule has 0 bridgehead atoms. The largest absolute Gasteiger partial charge is 0.327 e. The van der Waals surface area contributed by atoms with E-state index in [1.165, 1.54) is 23.9 Å². The summed E-state index contributed by atoms with van der Waals surface area (Å²) < 4.78 is 27.1. The van der Waals surface area contributed by atoms with Crippen LogP contribution in [0.2, 0.25) is 5.02 Å². The van der Waals surface area contributed by atoms with Crippen molar-refractivity contribution in [3.05, 3.63) is 64.7 Å². The van der Waals surface area contributed by atoms with Crippen molar-refractivity contribution in [2.75, 3.05) is 5.75 Å². The second-order valence-corrected chi connectivity index (χ2v) is 5.94. The molecule has 0 fully saturated rings. The molecule has 2 aromatic rings. The zero-order chi connectivity index (χ0) is 14.5. The Morgan fingerprint density at radius 2 is 1.85 bits per heavy atom. The fourth-order valence-corrected chi connectivity index (χ4v) is 2.84. The number of hydrogen-bond donors (Lipinski definition) is 1. The highest BCUT2D eigenvalue weighted by Gasteiger charge is 2.10. The van der Waals surface area contributed by atoms with Crippen molar-refractivity contribution in [2.45, 2.75) is 17.4 Å². The molecule has 0 saturated carbocycles. The Labute approximate surface area is 126 Å². The van der Waals surface area contributed by atoms with Gasteiger partial charge in [0.15, 0.2) is 0 Å². The van der Waals surface area contributed by atoms with Crippen molar-refractivity contribution >= 4 is 23.4 Å². The Bertz CT molecular complexity index is 592. The lowest BCUT2D eigenvalue weighted by Gasteiger charge is -2.12. The number of halogens is 3. The second-order valence-electron chi connectivity index (χ2n) is 4.44. The first-order valence-electron chi connectivity index (χ1n) is 6.13. The van der Waals surface area contributed by atoms with Gasteiger partial charge in [0.25, 0.3) is 0 Å². The normalized spacial score (nSPS) is 12.4. The monoisotopic (exact) mass is 313 g/mol. The lowest BCUT2D eigenvalue weighted by atomic mass is 10.1. The van der Waals surface area contributed by atoms with Gasteiger partial charge in [-0.1, -0.05) is 29.8 Å². The van der Waals surface area contributed by atoms with Gasteiger partial charge in [0, 0.05) is 21.7 Å². The van der Waals surface area contributed by atoms with Crippen LogP contribution >= 0.6 is 23.4 Å². The molecule has 0 saturated heterocycles. The molecule has 0 radical (unpaired) electrons. The van der Waals surface area contributed by atoms with Gasteiger partial charge in [-0.15, -0.1) is 11.8 Å². The molecule has 0 aliphatic heterocycles. The van der Waals surface area contributed by atoms with Gasteiger partial charge in [-0.05, 0) is 36.2 Å². The molecule has 0 amide bonds. The molecular formula is C15H14ClF2NS. The molecule has 1 nitrogen and oxygen atoms in total. The van der Waals surface area contributed by atoms with E-state index in [2.05, 4.69) is 0 Å². The van der Waals surface area contributed by atoms with Crippen molar-refractivity contribution in [1.29, 1.82) is 0 Å². The number of hydrogen-bond acceptors (Lipinski definition) is 2. The van der Waals surface area contributed by atoms with Crippen LogP contribution in [-0.4, -0.2) is 11.8 Å². The van der Waals surface area contributed by atoms with Crippen LogP contribution in [0, 0.1) is 11.6 Å². The van der Waals surface area contributed by atoms with Gasteiger partial charge in [-0.2, -0.15) is 0 Å². The number of benzene rings is 2. The predicted octanol–water partition coefficient (Wildman–Crippen LogP) is 4.28. The third-order valence-corrected chi connectivity index (χ3v) is 4.26. The molecule has 20 heavy (non-hydrogen) atoms. The van der Waals surface area contributed by atoms with Crippen LogP contribution in [0.4, 0.5) is 8.78 Å². The molecule has 106 valence electrons. The molecule has 1 atom stereocenters. The third kappa shape index (κ3) is 4.20. The quantitative estimate of drug-likeness (QED) is 0.834. The molecule has 0 aliphatic carbocycles. The van der Waals surface area contributed by atoms with Crippen LogP contribution in [0.3, 0.4) is 0 Å². The van der Waals surface area contributed by atoms with E-state index in [1.807, 2.05) is 0 Å². The van der Waals surface area contributed by atoms with Crippen LogP contribution in [0.5, 0.6) is 0 Å². The maximum atomic E-state index is 13.6. The molecule has 2 aromatic carbocycles. The van der Waals surface area contributed by atoms with Gasteiger partial charge >= 0.3 is 0 Å². The van der Waals surface area contributed by atoms with Crippen molar-refractivity contribution in [2.24, 2.45) is 5.73 Å². The summed E-state index contributed by atoms with van der Waals surface area (Å²) in [7, 11) is 0. The van der Waals surface area contributed by atoms with Gasteiger partial charge in [0.1, 0.15) is 11.6 Å². The Hall–Kier alpha value is -1.10. The van der Waals surface area contributed by atoms with Gasteiger partial charge in [-0.25, -0.2) is 8.78 Å². The summed E-state index contributed by atoms with van der Waals surface area (Å²) >= 11 is 7.03. The predicted molar refractivity (Wildman–Crippen MR) is 80.2 cm³/mol. The number of thioether (sulfide) groups is 1. The summed E-state index contributed by atoms with van der Waals surface area (Å²) in [5.74, 6) is -0.102. The highest BCUT2D eigenvalue weighted by Crippen LogP contribution is 2.23. The summed E-state index contributed by atoms with van der Waals surface area (Å²) in [5, 5.41) is 0.362. The highest BCUT2D eigenvalue weighted by molar-refractivity contribution is 7.99. The smallest absolute Gasteiger partial charge is 0.136 e. The standard InChI is InChI=1S/C15H14ClF2NS/c16-11-6-5-10(14(18)8-11)7-12(19)9-20-15-4-2-1-3-13(15)17/h1-6,8,12H,7,9,19H2. The lowest BCUT2D eigenvalue weighted by molar-refractivity contribution is 0.595. The van der Waals surface area contributed by atoms with Gasteiger partial charge < -0.3 is 5.73 Å². The van der Waals surface area contributed by atoms with Crippen molar-refractivity contribution in [3.8, 4) is 0 Å². The minimum atomic E-state index is -0.358. The summed E-state index contributed by atoms with van der Waals surface area (Å²) in [4.78, 5) is 0.555. The second kappa shape index (κ2) is 7.07. The molecule has 5 heteroatoms. The maximum Gasteiger partial charge on any atom is 0.136 e. The summed E-state index contributed by atoms with van der Waals surface area (Å²) in [6, 6.07) is 10.8. The van der Waals surface area contributed by atoms with Gasteiger partial charge in [-0.3, -0.25) is 0 Å². The van der Waals surface area contributed by atoms with Crippen LogP contribution in [-0.2, 0) is 6.42 Å². The lowest BCUT2D eigenvalue weighted by Crippen LogP contribution is -2.26. The first kappa shape index (κ1) is 15.3. The van der Waals surface area contributed by atoms with Crippen molar-refractivity contribution in [3.63, 3.8) is 0 Å². The van der Waals surface area contributed by atoms with Crippen LogP contribution in [0.15, 0.2) is 47.4 Å². The van der Waals surface area contributed by atoms with Crippen molar-refractivity contribution in [1.82, 2.24) is 0 Å². The highest BCUT2D eigenvalue weighted by atomic mass is 35.5. The van der Waals surface area contributed by atoms with E-state index in [0.717, 1.165) is 0 Å². The Morgan fingerprint density at radius 1 is 1.10 bits per heavy atom. The molecule has 1 unspecified atom stereocenters. The first-order chi connectivity index (χ1) is 9.56. The SMILES string of the molecule is NC(CSc1ccccc1F)Cc1ccc(Cl)cc1F. The minimum Gasteiger partial charge on any atom is -0.327 e. The van der Waals surface area contributed by atoms with E-state index in [4.69, 9.17) is 17.3 Å². The van der Waals surface area contributed by atoms with Crippen LogP contribution in [0.1, 0.15) is 5.56 Å². The molecule has 0 aliphatic rings. The van der Waals surface area contributed by atoms with Crippen molar-refractivity contribution < 1.29 is 8.78 Å². The number of nitrogens with two attached hydrogens (primary N) is 1. The van der Waals surface area contributed by atoms with E-state index in [0.29, 0.717) is 27.7 Å². The fraction of sp³-hybridized carbons (Fsp3) is 0.200. The molecule has 0 heterocycles. The Morgan fingerprint density at radius 3 is 2.55 bits per heavy atom. The fourth-order valence-electron chi connectivity index (χ4n) is 1.79. The molecule has 0 aromatic heterocycles.